The molecule has 0 unspecified atom stereocenters. The van der Waals surface area contributed by atoms with Gasteiger partial charge in [0.05, 0.1) is 153 Å². The molecule has 147 heavy (non-hydrogen) atoms. The Morgan fingerprint density at radius 3 is 0.816 bits per heavy atom. The van der Waals surface area contributed by atoms with Crippen molar-refractivity contribution in [2.75, 3.05) is 160 Å². The van der Waals surface area contributed by atoms with Crippen LogP contribution < -0.4 is 41.3 Å². The highest BCUT2D eigenvalue weighted by Gasteiger charge is 2.27. The summed E-state index contributed by atoms with van der Waals surface area (Å²) < 4.78 is 5.47. The van der Waals surface area contributed by atoms with Crippen LogP contribution in [0, 0.1) is 0 Å². The zero-order valence-corrected chi connectivity index (χ0v) is 83.3. The third-order valence-electron chi connectivity index (χ3n) is 28.2. The van der Waals surface area contributed by atoms with E-state index in [0.717, 1.165) is 254 Å². The summed E-state index contributed by atoms with van der Waals surface area (Å²) in [4.78, 5) is 119. The van der Waals surface area contributed by atoms with E-state index in [9.17, 15) is 24.0 Å². The minimum atomic E-state index is -0.320. The second-order valence-electron chi connectivity index (χ2n) is 39.1. The van der Waals surface area contributed by atoms with E-state index < -0.39 is 0 Å². The van der Waals surface area contributed by atoms with Gasteiger partial charge in [-0.15, -0.1) is 0 Å². The predicted molar refractivity (Wildman–Crippen MR) is 576 cm³/mol. The van der Waals surface area contributed by atoms with Gasteiger partial charge in [-0.1, -0.05) is 49.9 Å². The fraction of sp³-hybridized carbons (Fsp3) is 0.348. The number of carbonyl (C=O) groups excluding carboxylic acids is 5. The summed E-state index contributed by atoms with van der Waals surface area (Å²) in [5, 5.41) is 46.7. The van der Waals surface area contributed by atoms with Crippen LogP contribution >= 0.6 is 0 Å². The average Bonchev–Trinajstić information content (AvgIpc) is 1.67. The molecular weight excluding hydrogens is 1850 g/mol. The van der Waals surface area contributed by atoms with Gasteiger partial charge in [-0.3, -0.25) is 99.0 Å². The molecule has 7 aliphatic heterocycles. The van der Waals surface area contributed by atoms with E-state index in [2.05, 4.69) is 160 Å². The molecule has 23 rings (SSSR count). The molecule has 35 heteroatoms. The molecule has 6 amide bonds. The molecule has 12 aromatic heterocycles. The Bertz CT molecular complexity index is 7000. The summed E-state index contributed by atoms with van der Waals surface area (Å²) in [5.41, 5.74) is 22.9. The first kappa shape index (κ1) is 98.7. The number of morpholine rings is 1. The van der Waals surface area contributed by atoms with Gasteiger partial charge >= 0.3 is 6.03 Å². The number of carbonyl (C=O) groups is 5. The SMILES string of the molecule is CN(C)C(=O)Nc1cncc(-c2ccc3[nH]nc(C(=O)Nc4ccc(CN5CCCCC5)nc4)c3c2)c1.O=C(Nc1ccc(CN2CCCCC2)nc1)c1n[nH]c2ccc(-c3cncc(N4CCCC4)c3)cc12.O=C(Nc1ccc(CN2CCCCC2)nc1)c1n[nH]c2ccc(-c3cncc(N4CCCCC4)c3)cc12.O=C(Nc1ccc(CN2CCCCC2)nc1)c1n[nH]c2ccc(-c3cncc(N4CCOCC4)c3)cc12. The van der Waals surface area contributed by atoms with Crippen LogP contribution in [0.25, 0.3) is 88.1 Å². The molecule has 0 aliphatic carbocycles. The quantitative estimate of drug-likeness (QED) is 0.0271. The molecule has 7 saturated heterocycles. The minimum Gasteiger partial charge on any atom is -0.378 e. The second-order valence-corrected chi connectivity index (χ2v) is 39.1. The van der Waals surface area contributed by atoms with Crippen LogP contribution in [0.4, 0.5) is 50.3 Å². The highest BCUT2D eigenvalue weighted by Crippen LogP contribution is 2.36. The lowest BCUT2D eigenvalue weighted by Crippen LogP contribution is -2.36. The Kier molecular flexibility index (Phi) is 31.9. The van der Waals surface area contributed by atoms with E-state index in [0.29, 0.717) is 56.6 Å². The number of aromatic nitrogens is 16. The number of piperidine rings is 5. The second kappa shape index (κ2) is 47.4. The van der Waals surface area contributed by atoms with Gasteiger partial charge < -0.3 is 50.9 Å². The normalized spacial score (nSPS) is 15.9. The van der Waals surface area contributed by atoms with Crippen molar-refractivity contribution in [3.63, 3.8) is 0 Å². The Morgan fingerprint density at radius 2 is 0.537 bits per heavy atom. The van der Waals surface area contributed by atoms with Crippen LogP contribution in [0.2, 0.25) is 0 Å². The molecule has 0 atom stereocenters. The number of anilines is 8. The molecule has 7 aliphatic rings. The van der Waals surface area contributed by atoms with Gasteiger partial charge in [-0.25, -0.2) is 4.79 Å². The van der Waals surface area contributed by atoms with Crippen LogP contribution in [-0.2, 0) is 30.9 Å². The van der Waals surface area contributed by atoms with Crippen LogP contribution in [0.1, 0.15) is 174 Å². The van der Waals surface area contributed by atoms with Gasteiger partial charge in [0.15, 0.2) is 22.8 Å². The van der Waals surface area contributed by atoms with Crippen LogP contribution in [0.3, 0.4) is 0 Å². The van der Waals surface area contributed by atoms with Gasteiger partial charge in [0.1, 0.15) is 0 Å². The monoisotopic (exact) mass is 1970 g/mol. The molecular formula is C112H125N29O6. The molecule has 35 nitrogen and oxygen atoms in total. The molecule has 0 spiro atoms. The van der Waals surface area contributed by atoms with Crippen molar-refractivity contribution < 1.29 is 28.7 Å². The van der Waals surface area contributed by atoms with Crippen LogP contribution in [0.15, 0.2) is 220 Å². The van der Waals surface area contributed by atoms with Gasteiger partial charge in [-0.2, -0.15) is 20.4 Å². The molecule has 9 N–H and O–H groups in total. The third-order valence-corrected chi connectivity index (χ3v) is 28.2. The molecule has 0 radical (unpaired) electrons. The number of ether oxygens (including phenoxy) is 1. The van der Waals surface area contributed by atoms with Crippen LogP contribution in [0.5, 0.6) is 0 Å². The lowest BCUT2D eigenvalue weighted by Gasteiger charge is -2.28. The first-order chi connectivity index (χ1) is 72.1. The maximum absolute atomic E-state index is 13.2. The van der Waals surface area contributed by atoms with Gasteiger partial charge in [0, 0.05) is 148 Å². The number of rotatable bonds is 24. The summed E-state index contributed by atoms with van der Waals surface area (Å²) in [6.45, 7) is 19.8. The first-order valence-electron chi connectivity index (χ1n) is 51.6. The lowest BCUT2D eigenvalue weighted by molar-refractivity contribution is 0.101. The van der Waals surface area contributed by atoms with Crippen molar-refractivity contribution in [3.05, 3.63) is 266 Å². The lowest BCUT2D eigenvalue weighted by atomic mass is 10.0. The fourth-order valence-corrected chi connectivity index (χ4v) is 20.1. The summed E-state index contributed by atoms with van der Waals surface area (Å²) in [7, 11) is 3.35. The number of likely N-dealkylation sites (tertiary alicyclic amines) is 4. The predicted octanol–water partition coefficient (Wildman–Crippen LogP) is 18.6. The van der Waals surface area contributed by atoms with Crippen molar-refractivity contribution in [3.8, 4) is 44.5 Å². The number of nitrogens with zero attached hydrogens (tertiary/aromatic N) is 20. The maximum atomic E-state index is 13.2. The van der Waals surface area contributed by atoms with Crippen LogP contribution in [-0.4, -0.2) is 254 Å². The summed E-state index contributed by atoms with van der Waals surface area (Å²) >= 11 is 0. The van der Waals surface area contributed by atoms with Crippen molar-refractivity contribution in [1.82, 2.24) is 105 Å². The molecule has 0 bridgehead atoms. The summed E-state index contributed by atoms with van der Waals surface area (Å²) in [6.07, 6.45) is 43.0. The number of hydrogen-bond acceptors (Lipinski definition) is 25. The average molecular weight is 1970 g/mol. The van der Waals surface area contributed by atoms with Gasteiger partial charge in [-0.05, 0) is 279 Å². The molecule has 19 heterocycles. The Morgan fingerprint density at radius 1 is 0.272 bits per heavy atom. The van der Waals surface area contributed by atoms with Crippen molar-refractivity contribution >= 4 is 119 Å². The van der Waals surface area contributed by atoms with Gasteiger partial charge in [0.25, 0.3) is 23.6 Å². The number of amides is 6. The largest absolute Gasteiger partial charge is 0.378 e. The Hall–Kier alpha value is -15.7. The molecule has 7 fully saturated rings. The number of aromatic amines is 4. The zero-order valence-electron chi connectivity index (χ0n) is 83.3. The summed E-state index contributed by atoms with van der Waals surface area (Å²) in [6, 6.07) is 47.4. The van der Waals surface area contributed by atoms with Crippen molar-refractivity contribution in [2.24, 2.45) is 0 Å². The number of pyridine rings is 8. The highest BCUT2D eigenvalue weighted by molar-refractivity contribution is 6.15. The van der Waals surface area contributed by atoms with Gasteiger partial charge in [0.2, 0.25) is 0 Å². The smallest absolute Gasteiger partial charge is 0.321 e. The number of hydrogen-bond donors (Lipinski definition) is 9. The number of urea groups is 1. The standard InChI is InChI=1S/C29H33N7O.C28H31N7O2.C28H31N7O.C27H30N8O2/c37-29(32-23-8-9-24(31-18-23)20-35-11-3-1-4-12-35)28-26-16-21(7-10-27(26)33-34-28)22-15-25(19-30-17-22)36-13-5-2-6-14-36;36-28(31-22-5-6-23(30-17-22)19-34-8-2-1-3-9-34)27-25-15-20(4-7-26(25)32-33-27)21-14-24(18-29-16-21)35-10-12-37-13-11-35;36-28(31-22-7-8-23(30-17-22)19-34-10-2-1-3-11-34)27-25-15-20(6-9-26(25)32-33-27)21-14-24(18-29-16-21)35-12-4-5-13-35;1-34(2)27(37)31-22-12-19(14-28-15-22)18-6-9-24-23(13-18)25(33-32-24)26(36)30-20-7-8-21(29-16-20)17-35-10-4-3-5-11-35/h7-10,15-19H,1-6,11-14,20H2,(H,32,37)(H,33,34);4-7,14-18H,1-3,8-13,19H2,(H,31,36)(H,32,33);6-9,14-18H,1-5,10-13,19H2,(H,31,36)(H,32,33);6-9,12-16H,3-5,10-11,17H2,1-2H3,(H,30,36)(H,31,37)(H,32,33). The van der Waals surface area contributed by atoms with E-state index in [-0.39, 0.29) is 29.7 Å². The van der Waals surface area contributed by atoms with Crippen molar-refractivity contribution in [1.29, 1.82) is 0 Å². The Balaban J connectivity index is 0.000000119. The molecule has 754 valence electrons. The molecule has 0 saturated carbocycles. The number of nitrogens with one attached hydrogen (secondary N) is 9. The van der Waals surface area contributed by atoms with E-state index in [1.165, 1.54) is 114 Å². The number of fused-ring (bicyclic) bond motifs is 4. The van der Waals surface area contributed by atoms with Crippen molar-refractivity contribution in [2.45, 2.75) is 135 Å². The molecule has 16 aromatic rings. The molecule has 4 aromatic carbocycles. The maximum Gasteiger partial charge on any atom is 0.321 e. The third kappa shape index (κ3) is 25.3. The first-order valence-corrected chi connectivity index (χ1v) is 51.6. The van der Waals surface area contributed by atoms with E-state index in [1.807, 2.05) is 165 Å². The number of H-pyrrole nitrogens is 4. The van der Waals surface area contributed by atoms with E-state index in [1.54, 1.807) is 51.3 Å². The minimum absolute atomic E-state index is 0.239. The topological polar surface area (TPSA) is 398 Å². The summed E-state index contributed by atoms with van der Waals surface area (Å²) in [5.74, 6) is -1.10. The zero-order chi connectivity index (χ0) is 100. The number of benzene rings is 4. The van der Waals surface area contributed by atoms with E-state index in [4.69, 9.17) is 4.74 Å². The highest BCUT2D eigenvalue weighted by atomic mass is 16.5. The fourth-order valence-electron chi connectivity index (χ4n) is 20.1. The van der Waals surface area contributed by atoms with E-state index >= 15 is 0 Å². The Labute approximate surface area is 853 Å².